The summed E-state index contributed by atoms with van der Waals surface area (Å²) in [6.07, 6.45) is 4.39. The maximum absolute atomic E-state index is 12.7. The van der Waals surface area contributed by atoms with Gasteiger partial charge in [0.05, 0.1) is 13.7 Å². The van der Waals surface area contributed by atoms with Crippen molar-refractivity contribution < 1.29 is 23.7 Å². The average Bonchev–Trinajstić information content (AvgIpc) is 3.30. The van der Waals surface area contributed by atoms with Gasteiger partial charge in [-0.15, -0.1) is 0 Å². The number of ketones is 1. The summed E-state index contributed by atoms with van der Waals surface area (Å²) in [5.41, 5.74) is 1.25. The Morgan fingerprint density at radius 1 is 1.06 bits per heavy atom. The Morgan fingerprint density at radius 3 is 2.51 bits per heavy atom. The number of carbonyl (C=O) groups excluding carboxylic acids is 1. The van der Waals surface area contributed by atoms with Gasteiger partial charge in [0.15, 0.2) is 11.5 Å². The third-order valence-corrected chi connectivity index (χ3v) is 7.46. The highest BCUT2D eigenvalue weighted by Crippen LogP contribution is 2.37. The van der Waals surface area contributed by atoms with Crippen LogP contribution < -0.4 is 18.9 Å². The Kier molecular flexibility index (Phi) is 8.91. The molecule has 0 aromatic heterocycles. The van der Waals surface area contributed by atoms with Crippen LogP contribution in [0.2, 0.25) is 0 Å². The van der Waals surface area contributed by atoms with E-state index < -0.39 is 0 Å². The molecule has 3 atom stereocenters. The van der Waals surface area contributed by atoms with Crippen molar-refractivity contribution >= 4 is 5.78 Å². The third-order valence-electron chi connectivity index (χ3n) is 7.46. The second kappa shape index (κ2) is 12.3. The fourth-order valence-corrected chi connectivity index (χ4v) is 5.11. The van der Waals surface area contributed by atoms with Crippen molar-refractivity contribution in [1.82, 2.24) is 4.90 Å². The summed E-state index contributed by atoms with van der Waals surface area (Å²) in [6, 6.07) is 14.4. The number of ether oxygens (including phenoxy) is 4. The first kappa shape index (κ1) is 25.4. The van der Waals surface area contributed by atoms with Crippen LogP contribution in [0.25, 0.3) is 0 Å². The first-order chi connectivity index (χ1) is 17.0. The van der Waals surface area contributed by atoms with Gasteiger partial charge >= 0.3 is 0 Å². The molecule has 0 bridgehead atoms. The lowest BCUT2D eigenvalue weighted by atomic mass is 9.83. The van der Waals surface area contributed by atoms with E-state index in [0.717, 1.165) is 42.5 Å². The second-order valence-corrected chi connectivity index (χ2v) is 9.79. The highest BCUT2D eigenvalue weighted by Gasteiger charge is 2.28. The van der Waals surface area contributed by atoms with Crippen LogP contribution in [0.3, 0.4) is 0 Å². The van der Waals surface area contributed by atoms with Crippen molar-refractivity contribution in [1.29, 1.82) is 0 Å². The quantitative estimate of drug-likeness (QED) is 0.400. The summed E-state index contributed by atoms with van der Waals surface area (Å²) in [5.74, 6) is 4.18. The van der Waals surface area contributed by atoms with Gasteiger partial charge in [0.25, 0.3) is 0 Å². The topological polar surface area (TPSA) is 57.2 Å². The maximum atomic E-state index is 12.7. The molecule has 0 radical (unpaired) electrons. The standard InChI is InChI=1S/C29H39NO5/c1-21-5-4-15-30(21)20-24(22(2)23-7-13-28-29(19-23)35-18-17-34-28)6-8-25(31)14-16-33-27-11-9-26(32-3)10-12-27/h7,9-13,19,21-22,24H,4-6,8,14-18,20H2,1-3H3. The lowest BCUT2D eigenvalue weighted by Gasteiger charge is -2.31. The largest absolute Gasteiger partial charge is 0.497 e. The molecular weight excluding hydrogens is 442 g/mol. The van der Waals surface area contributed by atoms with Crippen LogP contribution in [0.5, 0.6) is 23.0 Å². The zero-order chi connectivity index (χ0) is 24.6. The molecule has 2 aliphatic heterocycles. The number of likely N-dealkylation sites (tertiary alicyclic amines) is 1. The fraction of sp³-hybridized carbons (Fsp3) is 0.552. The lowest BCUT2D eigenvalue weighted by Crippen LogP contribution is -2.34. The van der Waals surface area contributed by atoms with Gasteiger partial charge in [0, 0.05) is 25.4 Å². The van der Waals surface area contributed by atoms with Crippen molar-refractivity contribution in [2.75, 3.05) is 40.0 Å². The Morgan fingerprint density at radius 2 is 1.80 bits per heavy atom. The molecule has 35 heavy (non-hydrogen) atoms. The van der Waals surface area contributed by atoms with E-state index in [9.17, 15) is 4.79 Å². The summed E-state index contributed by atoms with van der Waals surface area (Å²) in [6.45, 7) is 8.36. The number of Topliss-reactive ketones (excluding diaryl/α,β-unsaturated/α-hetero) is 1. The van der Waals surface area contributed by atoms with Crippen molar-refractivity contribution in [2.24, 2.45) is 5.92 Å². The Bertz CT molecular complexity index is 960. The summed E-state index contributed by atoms with van der Waals surface area (Å²) < 4.78 is 22.5. The molecule has 6 heteroatoms. The van der Waals surface area contributed by atoms with E-state index in [1.54, 1.807) is 7.11 Å². The van der Waals surface area contributed by atoms with Gasteiger partial charge in [-0.1, -0.05) is 13.0 Å². The SMILES string of the molecule is COc1ccc(OCCC(=O)CCC(CN2CCCC2C)C(C)c2ccc3c(c2)OCCO3)cc1. The smallest absolute Gasteiger partial charge is 0.161 e. The molecule has 1 saturated heterocycles. The van der Waals surface area contributed by atoms with Crippen LogP contribution in [0.15, 0.2) is 42.5 Å². The van der Waals surface area contributed by atoms with Gasteiger partial charge in [-0.2, -0.15) is 0 Å². The van der Waals surface area contributed by atoms with Crippen LogP contribution in [-0.4, -0.2) is 56.7 Å². The molecule has 2 aliphatic rings. The summed E-state index contributed by atoms with van der Waals surface area (Å²) >= 11 is 0. The van der Waals surface area contributed by atoms with Gasteiger partial charge in [-0.25, -0.2) is 0 Å². The third kappa shape index (κ3) is 6.91. The fourth-order valence-electron chi connectivity index (χ4n) is 5.11. The van der Waals surface area contributed by atoms with E-state index >= 15 is 0 Å². The zero-order valence-electron chi connectivity index (χ0n) is 21.3. The van der Waals surface area contributed by atoms with Crippen molar-refractivity contribution in [3.8, 4) is 23.0 Å². The minimum absolute atomic E-state index is 0.257. The number of fused-ring (bicyclic) bond motifs is 1. The molecule has 0 amide bonds. The molecule has 0 saturated carbocycles. The second-order valence-electron chi connectivity index (χ2n) is 9.79. The van der Waals surface area contributed by atoms with E-state index in [1.165, 1.54) is 18.4 Å². The molecule has 3 unspecified atom stereocenters. The molecule has 190 valence electrons. The predicted octanol–water partition coefficient (Wildman–Crippen LogP) is 5.49. The highest BCUT2D eigenvalue weighted by atomic mass is 16.6. The summed E-state index contributed by atoms with van der Waals surface area (Å²) in [5, 5.41) is 0. The maximum Gasteiger partial charge on any atom is 0.161 e. The number of hydrogen-bond acceptors (Lipinski definition) is 6. The first-order valence-electron chi connectivity index (χ1n) is 13.0. The zero-order valence-corrected chi connectivity index (χ0v) is 21.3. The Balaban J connectivity index is 1.33. The molecule has 2 aromatic carbocycles. The monoisotopic (exact) mass is 481 g/mol. The number of nitrogens with zero attached hydrogens (tertiary/aromatic N) is 1. The number of rotatable bonds is 12. The van der Waals surface area contributed by atoms with E-state index in [0.29, 0.717) is 50.5 Å². The average molecular weight is 482 g/mol. The lowest BCUT2D eigenvalue weighted by molar-refractivity contribution is -0.119. The number of carbonyl (C=O) groups is 1. The number of methoxy groups -OCH3 is 1. The molecule has 2 aromatic rings. The normalized spacial score (nSPS) is 19.2. The van der Waals surface area contributed by atoms with E-state index in [2.05, 4.69) is 30.9 Å². The summed E-state index contributed by atoms with van der Waals surface area (Å²) in [7, 11) is 1.64. The van der Waals surface area contributed by atoms with E-state index in [4.69, 9.17) is 18.9 Å². The Hall–Kier alpha value is -2.73. The minimum atomic E-state index is 0.257. The molecule has 4 rings (SSSR count). The highest BCUT2D eigenvalue weighted by molar-refractivity contribution is 5.78. The molecule has 6 nitrogen and oxygen atoms in total. The van der Waals surface area contributed by atoms with Crippen LogP contribution in [0.1, 0.15) is 57.4 Å². The van der Waals surface area contributed by atoms with Crippen LogP contribution in [-0.2, 0) is 4.79 Å². The van der Waals surface area contributed by atoms with Gasteiger partial charge < -0.3 is 23.8 Å². The Labute approximate surface area is 209 Å². The van der Waals surface area contributed by atoms with Gasteiger partial charge in [-0.3, -0.25) is 4.79 Å². The minimum Gasteiger partial charge on any atom is -0.497 e. The molecule has 1 fully saturated rings. The number of hydrogen-bond donors (Lipinski definition) is 0. The first-order valence-corrected chi connectivity index (χ1v) is 13.0. The van der Waals surface area contributed by atoms with Gasteiger partial charge in [0.1, 0.15) is 30.5 Å². The summed E-state index contributed by atoms with van der Waals surface area (Å²) in [4.78, 5) is 15.3. The molecule has 0 aliphatic carbocycles. The van der Waals surface area contributed by atoms with Crippen molar-refractivity contribution in [3.63, 3.8) is 0 Å². The van der Waals surface area contributed by atoms with Crippen molar-refractivity contribution in [3.05, 3.63) is 48.0 Å². The number of benzene rings is 2. The van der Waals surface area contributed by atoms with Crippen LogP contribution >= 0.6 is 0 Å². The molecular formula is C29H39NO5. The van der Waals surface area contributed by atoms with Crippen molar-refractivity contribution in [2.45, 2.75) is 57.9 Å². The van der Waals surface area contributed by atoms with Crippen LogP contribution in [0, 0.1) is 5.92 Å². The van der Waals surface area contributed by atoms with E-state index in [-0.39, 0.29) is 5.78 Å². The van der Waals surface area contributed by atoms with E-state index in [1.807, 2.05) is 30.3 Å². The molecule has 2 heterocycles. The predicted molar refractivity (Wildman–Crippen MR) is 137 cm³/mol. The van der Waals surface area contributed by atoms with Gasteiger partial charge in [-0.05, 0) is 86.5 Å². The van der Waals surface area contributed by atoms with Gasteiger partial charge in [0.2, 0.25) is 0 Å². The van der Waals surface area contributed by atoms with Crippen LogP contribution in [0.4, 0.5) is 0 Å². The molecule has 0 spiro atoms. The molecule has 0 N–H and O–H groups in total.